The minimum Gasteiger partial charge on any atom is -0.484 e. The fourth-order valence-corrected chi connectivity index (χ4v) is 2.75. The number of nitrogens with two attached hydrogens (primary N) is 1. The molecule has 0 unspecified atom stereocenters. The number of hydrogen-bond donors (Lipinski definition) is 3. The molecule has 0 saturated carbocycles. The van der Waals surface area contributed by atoms with E-state index in [4.69, 9.17) is 10.5 Å². The monoisotopic (exact) mass is 405 g/mol. The van der Waals surface area contributed by atoms with E-state index in [1.54, 1.807) is 36.4 Å². The lowest BCUT2D eigenvalue weighted by molar-refractivity contribution is -0.125. The van der Waals surface area contributed by atoms with Gasteiger partial charge in [0.25, 0.3) is 5.91 Å². The van der Waals surface area contributed by atoms with Crippen LogP contribution in [0.5, 0.6) is 5.75 Å². The zero-order valence-corrected chi connectivity index (χ0v) is 17.1. The van der Waals surface area contributed by atoms with E-state index >= 15 is 0 Å². The van der Waals surface area contributed by atoms with Gasteiger partial charge in [0, 0.05) is 24.0 Å². The Morgan fingerprint density at radius 1 is 0.964 bits per heavy atom. The highest BCUT2D eigenvalue weighted by Gasteiger charge is 2.33. The summed E-state index contributed by atoms with van der Waals surface area (Å²) in [7, 11) is 0. The quantitative estimate of drug-likeness (QED) is 0.591. The molecule has 0 atom stereocenters. The van der Waals surface area contributed by atoms with Gasteiger partial charge in [-0.05, 0) is 37.1 Å². The zero-order valence-electron chi connectivity index (χ0n) is 16.2. The lowest BCUT2D eigenvalue weighted by Gasteiger charge is -2.28. The molecule has 0 radical (unpaired) electrons. The molecule has 0 aliphatic rings. The van der Waals surface area contributed by atoms with Crippen LogP contribution in [0.3, 0.4) is 0 Å². The Morgan fingerprint density at radius 2 is 1.61 bits per heavy atom. The minimum absolute atomic E-state index is 0. The van der Waals surface area contributed by atoms with Crippen molar-refractivity contribution in [3.63, 3.8) is 0 Å². The molecule has 152 valence electrons. The average molecular weight is 406 g/mol. The summed E-state index contributed by atoms with van der Waals surface area (Å²) in [5, 5.41) is 5.66. The number of carbonyl (C=O) groups is 2. The van der Waals surface area contributed by atoms with E-state index in [2.05, 4.69) is 10.6 Å². The van der Waals surface area contributed by atoms with Gasteiger partial charge in [0.05, 0.1) is 5.41 Å². The van der Waals surface area contributed by atoms with E-state index in [0.29, 0.717) is 36.5 Å². The SMILES string of the molecule is CCC(CC)(CN)C(=O)Nc1cccc(OCC(=O)Nc2ccccc2)c1.Cl. The Kier molecular flexibility index (Phi) is 9.48. The van der Waals surface area contributed by atoms with Crippen molar-refractivity contribution in [2.75, 3.05) is 23.8 Å². The standard InChI is InChI=1S/C21H27N3O3.ClH/c1-3-21(4-2,15-22)20(26)24-17-11-8-12-18(13-17)27-14-19(25)23-16-9-6-5-7-10-16;/h5-13H,3-4,14-15,22H2,1-2H3,(H,23,25)(H,24,26);1H. The summed E-state index contributed by atoms with van der Waals surface area (Å²) in [5.74, 6) is 0.145. The van der Waals surface area contributed by atoms with Crippen molar-refractivity contribution >= 4 is 35.6 Å². The van der Waals surface area contributed by atoms with Gasteiger partial charge < -0.3 is 21.1 Å². The number of nitrogens with one attached hydrogen (secondary N) is 2. The van der Waals surface area contributed by atoms with Crippen LogP contribution in [0.15, 0.2) is 54.6 Å². The van der Waals surface area contributed by atoms with Gasteiger partial charge >= 0.3 is 0 Å². The maximum atomic E-state index is 12.6. The highest BCUT2D eigenvalue weighted by Crippen LogP contribution is 2.27. The molecule has 0 aliphatic heterocycles. The van der Waals surface area contributed by atoms with Gasteiger partial charge in [-0.1, -0.05) is 38.1 Å². The average Bonchev–Trinajstić information content (AvgIpc) is 2.69. The fourth-order valence-electron chi connectivity index (χ4n) is 2.75. The van der Waals surface area contributed by atoms with Crippen molar-refractivity contribution < 1.29 is 14.3 Å². The Bertz CT molecular complexity index is 756. The molecule has 0 fully saturated rings. The lowest BCUT2D eigenvalue weighted by atomic mass is 9.81. The molecule has 0 spiro atoms. The molecule has 2 rings (SSSR count). The van der Waals surface area contributed by atoms with Crippen molar-refractivity contribution in [2.24, 2.45) is 11.1 Å². The summed E-state index contributed by atoms with van der Waals surface area (Å²) >= 11 is 0. The van der Waals surface area contributed by atoms with Crippen LogP contribution in [0.25, 0.3) is 0 Å². The summed E-state index contributed by atoms with van der Waals surface area (Å²) in [6, 6.07) is 16.2. The molecule has 2 amide bonds. The van der Waals surface area contributed by atoms with Crippen LogP contribution in [0.4, 0.5) is 11.4 Å². The van der Waals surface area contributed by atoms with Crippen LogP contribution >= 0.6 is 12.4 Å². The molecule has 2 aromatic rings. The molecular formula is C21H28ClN3O3. The maximum absolute atomic E-state index is 12.6. The van der Waals surface area contributed by atoms with Gasteiger partial charge in [0.15, 0.2) is 6.61 Å². The third-order valence-corrected chi connectivity index (χ3v) is 4.75. The van der Waals surface area contributed by atoms with Crippen LogP contribution in [-0.4, -0.2) is 25.0 Å². The smallest absolute Gasteiger partial charge is 0.262 e. The van der Waals surface area contributed by atoms with Crippen molar-refractivity contribution in [1.29, 1.82) is 0 Å². The van der Waals surface area contributed by atoms with Gasteiger partial charge in [-0.3, -0.25) is 9.59 Å². The van der Waals surface area contributed by atoms with E-state index in [1.165, 1.54) is 0 Å². The molecule has 2 aromatic carbocycles. The van der Waals surface area contributed by atoms with Gasteiger partial charge in [-0.15, -0.1) is 12.4 Å². The second-order valence-electron chi connectivity index (χ2n) is 6.38. The molecule has 7 heteroatoms. The normalized spacial score (nSPS) is 10.5. The second kappa shape index (κ2) is 11.3. The number of carbonyl (C=O) groups excluding carboxylic acids is 2. The Balaban J connectivity index is 0.00000392. The van der Waals surface area contributed by atoms with E-state index in [0.717, 1.165) is 0 Å². The van der Waals surface area contributed by atoms with Crippen LogP contribution in [-0.2, 0) is 9.59 Å². The Morgan fingerprint density at radius 3 is 2.21 bits per heavy atom. The third kappa shape index (κ3) is 6.25. The summed E-state index contributed by atoms with van der Waals surface area (Å²) in [4.78, 5) is 24.6. The summed E-state index contributed by atoms with van der Waals surface area (Å²) in [5.41, 5.74) is 6.57. The Hall–Kier alpha value is -2.57. The van der Waals surface area contributed by atoms with Gasteiger partial charge in [0.1, 0.15) is 5.75 Å². The molecule has 6 nitrogen and oxygen atoms in total. The zero-order chi connectivity index (χ0) is 19.7. The van der Waals surface area contributed by atoms with E-state index < -0.39 is 5.41 Å². The van der Waals surface area contributed by atoms with Crippen molar-refractivity contribution in [1.82, 2.24) is 0 Å². The number of anilines is 2. The molecule has 0 heterocycles. The molecule has 0 bridgehead atoms. The predicted octanol–water partition coefficient (Wildman–Crippen LogP) is 3.83. The first kappa shape index (κ1) is 23.5. The summed E-state index contributed by atoms with van der Waals surface area (Å²) < 4.78 is 5.54. The molecule has 28 heavy (non-hydrogen) atoms. The van der Waals surface area contributed by atoms with Crippen LogP contribution in [0.1, 0.15) is 26.7 Å². The summed E-state index contributed by atoms with van der Waals surface area (Å²) in [6.45, 7) is 4.09. The number of para-hydroxylation sites is 1. The predicted molar refractivity (Wildman–Crippen MR) is 115 cm³/mol. The van der Waals surface area contributed by atoms with E-state index in [9.17, 15) is 9.59 Å². The number of rotatable bonds is 9. The highest BCUT2D eigenvalue weighted by atomic mass is 35.5. The molecule has 4 N–H and O–H groups in total. The lowest BCUT2D eigenvalue weighted by Crippen LogP contribution is -2.41. The molecule has 0 aliphatic carbocycles. The number of ether oxygens (including phenoxy) is 1. The minimum atomic E-state index is -0.577. The highest BCUT2D eigenvalue weighted by molar-refractivity contribution is 5.95. The number of benzene rings is 2. The Labute approximate surface area is 172 Å². The molecular weight excluding hydrogens is 378 g/mol. The first-order valence-electron chi connectivity index (χ1n) is 9.12. The fraction of sp³-hybridized carbons (Fsp3) is 0.333. The van der Waals surface area contributed by atoms with Gasteiger partial charge in [-0.2, -0.15) is 0 Å². The van der Waals surface area contributed by atoms with Gasteiger partial charge in [0.2, 0.25) is 5.91 Å². The van der Waals surface area contributed by atoms with Crippen LogP contribution < -0.4 is 21.1 Å². The largest absolute Gasteiger partial charge is 0.484 e. The first-order valence-corrected chi connectivity index (χ1v) is 9.12. The van der Waals surface area contributed by atoms with Crippen molar-refractivity contribution in [3.8, 4) is 5.75 Å². The van der Waals surface area contributed by atoms with Crippen LogP contribution in [0, 0.1) is 5.41 Å². The number of halogens is 1. The topological polar surface area (TPSA) is 93.5 Å². The maximum Gasteiger partial charge on any atom is 0.262 e. The van der Waals surface area contributed by atoms with E-state index in [1.807, 2.05) is 32.0 Å². The first-order chi connectivity index (χ1) is 13.0. The van der Waals surface area contributed by atoms with Crippen molar-refractivity contribution in [3.05, 3.63) is 54.6 Å². The number of amides is 2. The second-order valence-corrected chi connectivity index (χ2v) is 6.38. The van der Waals surface area contributed by atoms with Crippen LogP contribution in [0.2, 0.25) is 0 Å². The third-order valence-electron chi connectivity index (χ3n) is 4.75. The van der Waals surface area contributed by atoms with Gasteiger partial charge in [-0.25, -0.2) is 0 Å². The van der Waals surface area contributed by atoms with E-state index in [-0.39, 0.29) is 30.8 Å². The number of hydrogen-bond acceptors (Lipinski definition) is 4. The van der Waals surface area contributed by atoms with Crippen molar-refractivity contribution in [2.45, 2.75) is 26.7 Å². The summed E-state index contributed by atoms with van der Waals surface area (Å²) in [6.07, 6.45) is 1.34. The molecule has 0 aromatic heterocycles. The molecule has 0 saturated heterocycles.